The van der Waals surface area contributed by atoms with Gasteiger partial charge in [-0.1, -0.05) is 6.92 Å². The Balaban J connectivity index is 0.000000359. The summed E-state index contributed by atoms with van der Waals surface area (Å²) in [6, 6.07) is 0. The summed E-state index contributed by atoms with van der Waals surface area (Å²) in [5.41, 5.74) is -0.762. The minimum absolute atomic E-state index is 0.142. The maximum atomic E-state index is 11.7. The first-order valence-corrected chi connectivity index (χ1v) is 17.5. The lowest BCUT2D eigenvalue weighted by Crippen LogP contribution is -2.42. The van der Waals surface area contributed by atoms with Crippen LogP contribution >= 0.6 is 0 Å². The maximum Gasteiger partial charge on any atom is 0.410 e. The number of carbonyl (C=O) groups excluding carboxylic acids is 2. The van der Waals surface area contributed by atoms with Crippen molar-refractivity contribution in [2.75, 3.05) is 112 Å². The highest BCUT2D eigenvalue weighted by Crippen LogP contribution is 2.18. The molecule has 3 rings (SSSR count). The lowest BCUT2D eigenvalue weighted by atomic mass is 10.1. The fourth-order valence-corrected chi connectivity index (χ4v) is 4.53. The quantitative estimate of drug-likeness (QED) is 0.266. The Morgan fingerprint density at radius 2 is 1.19 bits per heavy atom. The van der Waals surface area contributed by atoms with E-state index in [1.165, 1.54) is 6.42 Å². The Hall–Kier alpha value is -1.74. The number of amides is 2. The van der Waals surface area contributed by atoms with Gasteiger partial charge in [0.25, 0.3) is 0 Å². The van der Waals surface area contributed by atoms with Crippen molar-refractivity contribution >= 4 is 12.2 Å². The van der Waals surface area contributed by atoms with Gasteiger partial charge in [-0.3, -0.25) is 4.90 Å². The fourth-order valence-electron chi connectivity index (χ4n) is 4.53. The monoisotopic (exact) mass is 677 g/mol. The zero-order valence-corrected chi connectivity index (χ0v) is 30.6. The number of morpholine rings is 1. The molecule has 0 spiro atoms. The second-order valence-corrected chi connectivity index (χ2v) is 13.5. The van der Waals surface area contributed by atoms with Crippen LogP contribution in [0.15, 0.2) is 0 Å². The molecule has 3 aliphatic rings. The number of piperidine rings is 2. The van der Waals surface area contributed by atoms with Gasteiger partial charge in [-0.15, -0.1) is 0 Å². The number of aliphatic hydroxyl groups excluding tert-OH is 1. The minimum Gasteiger partial charge on any atom is -0.444 e. The number of methoxy groups -OCH3 is 1. The summed E-state index contributed by atoms with van der Waals surface area (Å²) in [7, 11) is 1.66. The molecule has 13 nitrogen and oxygen atoms in total. The second-order valence-electron chi connectivity index (χ2n) is 13.5. The molecule has 1 N–H and O–H groups in total. The van der Waals surface area contributed by atoms with Crippen molar-refractivity contribution in [3.63, 3.8) is 0 Å². The molecule has 3 saturated heterocycles. The standard InChI is InChI=1S/C13H27NO5.C11H21NO2.C10H19NO3/c1-15-8-9-18-12-13-19-11-10-17-7-4-14-2-5-16-6-3-14;1-4-11(2,3)14-10(13)12-8-6-5-7-9-12;1-10(2,3)14-9(13)11-6-4-8(12)5-7-11/h2-13H2,1H3;4-9H2,1-3H3;8,12H,4-7H2,1-3H3. The van der Waals surface area contributed by atoms with Crippen LogP contribution in [0.3, 0.4) is 0 Å². The Labute approximate surface area is 284 Å². The summed E-state index contributed by atoms with van der Waals surface area (Å²) < 4.78 is 36.9. The Kier molecular flexibility index (Phi) is 23.3. The molecule has 0 bridgehead atoms. The topological polar surface area (TPSA) is 129 Å². The summed E-state index contributed by atoms with van der Waals surface area (Å²) in [5.74, 6) is 0. The molecule has 0 radical (unpaired) electrons. The molecule has 0 atom stereocenters. The van der Waals surface area contributed by atoms with Gasteiger partial charge in [-0.25, -0.2) is 9.59 Å². The minimum atomic E-state index is -0.437. The van der Waals surface area contributed by atoms with Crippen LogP contribution in [0.1, 0.15) is 80.1 Å². The van der Waals surface area contributed by atoms with Crippen LogP contribution in [-0.2, 0) is 33.2 Å². The molecule has 47 heavy (non-hydrogen) atoms. The Morgan fingerprint density at radius 3 is 1.70 bits per heavy atom. The Morgan fingerprint density at radius 1 is 0.702 bits per heavy atom. The highest BCUT2D eigenvalue weighted by atomic mass is 16.6. The largest absolute Gasteiger partial charge is 0.444 e. The maximum absolute atomic E-state index is 11.7. The predicted octanol–water partition coefficient (Wildman–Crippen LogP) is 4.19. The molecular formula is C34H67N3O10. The molecule has 0 saturated carbocycles. The number of aliphatic hydroxyl groups is 1. The predicted molar refractivity (Wildman–Crippen MR) is 181 cm³/mol. The van der Waals surface area contributed by atoms with Crippen LogP contribution in [0.25, 0.3) is 0 Å². The average molecular weight is 678 g/mol. The van der Waals surface area contributed by atoms with E-state index in [-0.39, 0.29) is 23.9 Å². The van der Waals surface area contributed by atoms with Crippen molar-refractivity contribution in [2.24, 2.45) is 0 Å². The number of ether oxygens (including phenoxy) is 7. The van der Waals surface area contributed by atoms with Crippen LogP contribution in [0.4, 0.5) is 9.59 Å². The van der Waals surface area contributed by atoms with Gasteiger partial charge in [0.2, 0.25) is 0 Å². The third-order valence-electron chi connectivity index (χ3n) is 7.78. The van der Waals surface area contributed by atoms with Crippen molar-refractivity contribution in [1.29, 1.82) is 0 Å². The van der Waals surface area contributed by atoms with Gasteiger partial charge in [0.15, 0.2) is 0 Å². The SMILES string of the molecule is CC(C)(C)OC(=O)N1CCC(O)CC1.CCC(C)(C)OC(=O)N1CCCCC1.COCCOCCOCCOCCN1CCOCC1. The third kappa shape index (κ3) is 23.3. The third-order valence-corrected chi connectivity index (χ3v) is 7.78. The first-order valence-electron chi connectivity index (χ1n) is 17.5. The first kappa shape index (κ1) is 43.3. The molecule has 278 valence electrons. The lowest BCUT2D eigenvalue weighted by Gasteiger charge is -2.31. The zero-order valence-electron chi connectivity index (χ0n) is 30.6. The molecular weight excluding hydrogens is 610 g/mol. The van der Waals surface area contributed by atoms with Crippen LogP contribution in [-0.4, -0.2) is 162 Å². The van der Waals surface area contributed by atoms with Crippen molar-refractivity contribution in [3.05, 3.63) is 0 Å². The number of carbonyl (C=O) groups is 2. The summed E-state index contributed by atoms with van der Waals surface area (Å²) in [6.45, 7) is 23.6. The van der Waals surface area contributed by atoms with Gasteiger partial charge in [-0.05, 0) is 73.1 Å². The number of nitrogens with zero attached hydrogens (tertiary/aromatic N) is 3. The molecule has 0 aromatic rings. The number of likely N-dealkylation sites (tertiary alicyclic amines) is 2. The van der Waals surface area contributed by atoms with E-state index >= 15 is 0 Å². The Bertz CT molecular complexity index is 792. The van der Waals surface area contributed by atoms with E-state index in [2.05, 4.69) is 4.90 Å². The van der Waals surface area contributed by atoms with Gasteiger partial charge in [0, 0.05) is 52.9 Å². The fraction of sp³-hybridized carbons (Fsp3) is 0.941. The van der Waals surface area contributed by atoms with Crippen molar-refractivity contribution in [3.8, 4) is 0 Å². The van der Waals surface area contributed by atoms with Crippen LogP contribution in [0.5, 0.6) is 0 Å². The van der Waals surface area contributed by atoms with E-state index in [9.17, 15) is 14.7 Å². The van der Waals surface area contributed by atoms with Gasteiger partial charge >= 0.3 is 12.2 Å². The average Bonchev–Trinajstić information content (AvgIpc) is 3.04. The summed E-state index contributed by atoms with van der Waals surface area (Å²) >= 11 is 0. The number of rotatable bonds is 14. The van der Waals surface area contributed by atoms with Crippen molar-refractivity contribution < 1.29 is 47.9 Å². The molecule has 13 heteroatoms. The van der Waals surface area contributed by atoms with E-state index in [0.717, 1.165) is 71.8 Å². The van der Waals surface area contributed by atoms with E-state index in [1.54, 1.807) is 12.0 Å². The number of hydrogen-bond donors (Lipinski definition) is 1. The van der Waals surface area contributed by atoms with Crippen LogP contribution in [0.2, 0.25) is 0 Å². The van der Waals surface area contributed by atoms with E-state index in [4.69, 9.17) is 33.2 Å². The van der Waals surface area contributed by atoms with Crippen LogP contribution < -0.4 is 0 Å². The van der Waals surface area contributed by atoms with E-state index < -0.39 is 5.60 Å². The van der Waals surface area contributed by atoms with Gasteiger partial charge < -0.3 is 48.1 Å². The summed E-state index contributed by atoms with van der Waals surface area (Å²) in [4.78, 5) is 29.0. The van der Waals surface area contributed by atoms with Crippen molar-refractivity contribution in [1.82, 2.24) is 14.7 Å². The lowest BCUT2D eigenvalue weighted by molar-refractivity contribution is -0.00721. The van der Waals surface area contributed by atoms with E-state index in [0.29, 0.717) is 65.6 Å². The molecule has 3 fully saturated rings. The second kappa shape index (κ2) is 25.3. The molecule has 3 aliphatic heterocycles. The highest BCUT2D eigenvalue weighted by molar-refractivity contribution is 5.68. The summed E-state index contributed by atoms with van der Waals surface area (Å²) in [6.07, 6.45) is 4.95. The van der Waals surface area contributed by atoms with Gasteiger partial charge in [0.05, 0.1) is 65.6 Å². The van der Waals surface area contributed by atoms with Gasteiger partial charge in [-0.2, -0.15) is 0 Å². The zero-order chi connectivity index (χ0) is 35.0. The normalized spacial score (nSPS) is 18.0. The molecule has 0 aromatic carbocycles. The highest BCUT2D eigenvalue weighted by Gasteiger charge is 2.26. The van der Waals surface area contributed by atoms with Gasteiger partial charge in [0.1, 0.15) is 11.2 Å². The van der Waals surface area contributed by atoms with E-state index in [1.807, 2.05) is 46.4 Å². The molecule has 0 aromatic heterocycles. The molecule has 0 unspecified atom stereocenters. The first-order chi connectivity index (χ1) is 22.4. The number of hydrogen-bond acceptors (Lipinski definition) is 11. The van der Waals surface area contributed by atoms with Crippen LogP contribution in [0, 0.1) is 0 Å². The molecule has 3 heterocycles. The smallest absolute Gasteiger partial charge is 0.410 e. The summed E-state index contributed by atoms with van der Waals surface area (Å²) in [5, 5.41) is 9.26. The van der Waals surface area contributed by atoms with Crippen molar-refractivity contribution in [2.45, 2.75) is 97.4 Å². The molecule has 2 amide bonds. The molecule has 0 aliphatic carbocycles.